The number of ether oxygens (including phenoxy) is 2. The van der Waals surface area contributed by atoms with Crippen LogP contribution in [0.5, 0.6) is 11.5 Å². The average Bonchev–Trinajstić information content (AvgIpc) is 3.24. The van der Waals surface area contributed by atoms with E-state index in [1.165, 1.54) is 12.8 Å². The summed E-state index contributed by atoms with van der Waals surface area (Å²) in [6.45, 7) is 0.649. The fraction of sp³-hybridized carbons (Fsp3) is 0.571. The van der Waals surface area contributed by atoms with Crippen molar-refractivity contribution < 1.29 is 9.47 Å². The molecule has 1 unspecified atom stereocenters. The van der Waals surface area contributed by atoms with Gasteiger partial charge in [-0.25, -0.2) is 0 Å². The highest BCUT2D eigenvalue weighted by Gasteiger charge is 2.68. The van der Waals surface area contributed by atoms with E-state index in [1.807, 2.05) is 24.3 Å². The van der Waals surface area contributed by atoms with Crippen molar-refractivity contribution in [3.05, 3.63) is 24.3 Å². The Morgan fingerprint density at radius 3 is 2.41 bits per heavy atom. The molecular formula is C14H17NO2. The van der Waals surface area contributed by atoms with Gasteiger partial charge in [0.2, 0.25) is 0 Å². The Labute approximate surface area is 101 Å². The van der Waals surface area contributed by atoms with E-state index in [0.717, 1.165) is 24.3 Å². The summed E-state index contributed by atoms with van der Waals surface area (Å²) >= 11 is 0. The molecule has 0 aromatic heterocycles. The maximum atomic E-state index is 6.40. The average molecular weight is 231 g/mol. The number of benzene rings is 1. The molecule has 3 heteroatoms. The summed E-state index contributed by atoms with van der Waals surface area (Å²) in [4.78, 5) is 0. The van der Waals surface area contributed by atoms with Gasteiger partial charge >= 0.3 is 0 Å². The molecule has 2 fully saturated rings. The molecule has 3 aliphatic rings. The molecule has 4 rings (SSSR count). The zero-order valence-corrected chi connectivity index (χ0v) is 9.82. The summed E-state index contributed by atoms with van der Waals surface area (Å²) in [5, 5.41) is 0. The maximum Gasteiger partial charge on any atom is 0.161 e. The quantitative estimate of drug-likeness (QED) is 0.847. The van der Waals surface area contributed by atoms with Crippen molar-refractivity contribution in [2.24, 2.45) is 11.1 Å². The molecule has 1 heterocycles. The monoisotopic (exact) mass is 231 g/mol. The molecule has 0 amide bonds. The topological polar surface area (TPSA) is 44.5 Å². The van der Waals surface area contributed by atoms with Crippen molar-refractivity contribution in [1.29, 1.82) is 0 Å². The summed E-state index contributed by atoms with van der Waals surface area (Å²) in [6, 6.07) is 7.90. The van der Waals surface area contributed by atoms with Crippen LogP contribution in [0.15, 0.2) is 24.3 Å². The molecule has 0 radical (unpaired) electrons. The minimum atomic E-state index is 0.0350. The Hall–Kier alpha value is -1.22. The lowest BCUT2D eigenvalue weighted by Gasteiger charge is -2.35. The van der Waals surface area contributed by atoms with Gasteiger partial charge in [-0.15, -0.1) is 0 Å². The summed E-state index contributed by atoms with van der Waals surface area (Å²) in [5.74, 6) is 1.74. The lowest BCUT2D eigenvalue weighted by atomic mass is 9.88. The molecule has 2 aliphatic carbocycles. The third-order valence-corrected chi connectivity index (χ3v) is 4.69. The first-order chi connectivity index (χ1) is 8.24. The van der Waals surface area contributed by atoms with E-state index in [0.29, 0.717) is 6.61 Å². The number of nitrogens with two attached hydrogens (primary N) is 1. The smallest absolute Gasteiger partial charge is 0.161 e. The van der Waals surface area contributed by atoms with Crippen molar-refractivity contribution in [3.8, 4) is 11.5 Å². The number of hydrogen-bond acceptors (Lipinski definition) is 3. The van der Waals surface area contributed by atoms with Gasteiger partial charge in [0.1, 0.15) is 12.7 Å². The molecule has 2 N–H and O–H groups in total. The number of rotatable bonds is 2. The molecule has 3 nitrogen and oxygen atoms in total. The van der Waals surface area contributed by atoms with Crippen LogP contribution in [0.1, 0.15) is 25.7 Å². The molecule has 0 spiro atoms. The molecule has 17 heavy (non-hydrogen) atoms. The SMILES string of the molecule is NC1(C2(C3COc4ccccc4O3)CC2)CC1. The first-order valence-electron chi connectivity index (χ1n) is 6.41. The van der Waals surface area contributed by atoms with Gasteiger partial charge in [0.15, 0.2) is 11.5 Å². The van der Waals surface area contributed by atoms with Gasteiger partial charge in [0.25, 0.3) is 0 Å². The lowest BCUT2D eigenvalue weighted by molar-refractivity contribution is 0.0220. The molecule has 1 aromatic rings. The van der Waals surface area contributed by atoms with E-state index in [9.17, 15) is 0 Å². The molecule has 0 saturated heterocycles. The standard InChI is InChI=1S/C14H17NO2/c15-14(7-8-14)13(5-6-13)12-9-16-10-3-1-2-4-11(10)17-12/h1-4,12H,5-9,15H2. The zero-order chi connectivity index (χ0) is 11.5. The van der Waals surface area contributed by atoms with Gasteiger partial charge in [-0.3, -0.25) is 0 Å². The highest BCUT2D eigenvalue weighted by molar-refractivity contribution is 5.41. The van der Waals surface area contributed by atoms with E-state index in [1.54, 1.807) is 0 Å². The van der Waals surface area contributed by atoms with Crippen LogP contribution in [0.2, 0.25) is 0 Å². The summed E-state index contributed by atoms with van der Waals surface area (Å²) < 4.78 is 11.9. The maximum absolute atomic E-state index is 6.40. The van der Waals surface area contributed by atoms with Crippen molar-refractivity contribution in [2.45, 2.75) is 37.3 Å². The first kappa shape index (κ1) is 9.77. The van der Waals surface area contributed by atoms with Gasteiger partial charge in [0, 0.05) is 11.0 Å². The molecule has 1 atom stereocenters. The predicted octanol–water partition coefficient (Wildman–Crippen LogP) is 2.10. The van der Waals surface area contributed by atoms with E-state index < -0.39 is 0 Å². The van der Waals surface area contributed by atoms with Crippen LogP contribution in [0.3, 0.4) is 0 Å². The molecular weight excluding hydrogens is 214 g/mol. The highest BCUT2D eigenvalue weighted by Crippen LogP contribution is 2.65. The summed E-state index contributed by atoms with van der Waals surface area (Å²) in [7, 11) is 0. The molecule has 90 valence electrons. The molecule has 1 aliphatic heterocycles. The van der Waals surface area contributed by atoms with E-state index in [4.69, 9.17) is 15.2 Å². The predicted molar refractivity (Wildman–Crippen MR) is 64.2 cm³/mol. The number of fused-ring (bicyclic) bond motifs is 1. The largest absolute Gasteiger partial charge is 0.486 e. The Morgan fingerprint density at radius 1 is 1.06 bits per heavy atom. The van der Waals surface area contributed by atoms with Crippen molar-refractivity contribution in [2.75, 3.05) is 6.61 Å². The van der Waals surface area contributed by atoms with Gasteiger partial charge in [-0.05, 0) is 37.8 Å². The molecule has 0 bridgehead atoms. The van der Waals surface area contributed by atoms with Gasteiger partial charge < -0.3 is 15.2 Å². The summed E-state index contributed by atoms with van der Waals surface area (Å²) in [5.41, 5.74) is 6.63. The third kappa shape index (κ3) is 1.26. The van der Waals surface area contributed by atoms with Crippen LogP contribution in [-0.4, -0.2) is 18.2 Å². The minimum absolute atomic E-state index is 0.0350. The minimum Gasteiger partial charge on any atom is -0.486 e. The van der Waals surface area contributed by atoms with Crippen LogP contribution in [0.4, 0.5) is 0 Å². The van der Waals surface area contributed by atoms with Crippen molar-refractivity contribution >= 4 is 0 Å². The number of para-hydroxylation sites is 2. The van der Waals surface area contributed by atoms with Crippen LogP contribution < -0.4 is 15.2 Å². The van der Waals surface area contributed by atoms with Crippen LogP contribution >= 0.6 is 0 Å². The number of hydrogen-bond donors (Lipinski definition) is 1. The molecule has 1 aromatic carbocycles. The van der Waals surface area contributed by atoms with Crippen molar-refractivity contribution in [3.63, 3.8) is 0 Å². The Morgan fingerprint density at radius 2 is 1.76 bits per heavy atom. The van der Waals surface area contributed by atoms with Crippen LogP contribution in [0.25, 0.3) is 0 Å². The van der Waals surface area contributed by atoms with Crippen molar-refractivity contribution in [1.82, 2.24) is 0 Å². The third-order valence-electron chi connectivity index (χ3n) is 4.69. The van der Waals surface area contributed by atoms with Gasteiger partial charge in [-0.2, -0.15) is 0 Å². The second kappa shape index (κ2) is 2.96. The Kier molecular flexibility index (Phi) is 1.70. The summed E-state index contributed by atoms with van der Waals surface area (Å²) in [6.07, 6.45) is 4.83. The van der Waals surface area contributed by atoms with Crippen LogP contribution in [0, 0.1) is 5.41 Å². The van der Waals surface area contributed by atoms with E-state index in [-0.39, 0.29) is 17.1 Å². The second-order valence-corrected chi connectivity index (χ2v) is 5.68. The van der Waals surface area contributed by atoms with E-state index >= 15 is 0 Å². The normalized spacial score (nSPS) is 30.8. The second-order valence-electron chi connectivity index (χ2n) is 5.68. The van der Waals surface area contributed by atoms with E-state index in [2.05, 4.69) is 0 Å². The van der Waals surface area contributed by atoms with Gasteiger partial charge in [-0.1, -0.05) is 12.1 Å². The van der Waals surface area contributed by atoms with Gasteiger partial charge in [0.05, 0.1) is 0 Å². The fourth-order valence-electron chi connectivity index (χ4n) is 3.20. The van der Waals surface area contributed by atoms with Crippen LogP contribution in [-0.2, 0) is 0 Å². The highest BCUT2D eigenvalue weighted by atomic mass is 16.6. The lowest BCUT2D eigenvalue weighted by Crippen LogP contribution is -2.48. The first-order valence-corrected chi connectivity index (χ1v) is 6.41. The fourth-order valence-corrected chi connectivity index (χ4v) is 3.20. The zero-order valence-electron chi connectivity index (χ0n) is 9.82. The Balaban J connectivity index is 1.63. The Bertz CT molecular complexity index is 463. The molecule has 2 saturated carbocycles.